The highest BCUT2D eigenvalue weighted by molar-refractivity contribution is 8.14. The first-order valence-electron chi connectivity index (χ1n) is 5.03. The maximum Gasteiger partial charge on any atom is 0.235 e. The first-order valence-corrected chi connectivity index (χ1v) is 7.40. The fraction of sp³-hybridized carbons (Fsp3) is 0.455. The predicted molar refractivity (Wildman–Crippen MR) is 67.5 cm³/mol. The summed E-state index contributed by atoms with van der Waals surface area (Å²) in [7, 11) is 4.82. The molecule has 0 heterocycles. The van der Waals surface area contributed by atoms with E-state index in [2.05, 4.69) is 0 Å². The van der Waals surface area contributed by atoms with Gasteiger partial charge in [-0.15, -0.1) is 0 Å². The number of halogens is 1. The van der Waals surface area contributed by atoms with Crippen molar-refractivity contribution in [3.63, 3.8) is 0 Å². The van der Waals surface area contributed by atoms with Gasteiger partial charge in [-0.1, -0.05) is 6.07 Å². The lowest BCUT2D eigenvalue weighted by Gasteiger charge is -2.12. The summed E-state index contributed by atoms with van der Waals surface area (Å²) in [6.07, 6.45) is 0.305. The second kappa shape index (κ2) is 5.60. The van der Waals surface area contributed by atoms with Crippen molar-refractivity contribution in [3.05, 3.63) is 23.8 Å². The van der Waals surface area contributed by atoms with E-state index in [1.807, 2.05) is 0 Å². The van der Waals surface area contributed by atoms with E-state index in [1.165, 1.54) is 7.11 Å². The average molecular weight is 279 g/mol. The Morgan fingerprint density at radius 2 is 1.94 bits per heavy atom. The van der Waals surface area contributed by atoms with Crippen molar-refractivity contribution in [1.29, 1.82) is 0 Å². The first kappa shape index (κ1) is 14.1. The van der Waals surface area contributed by atoms with Crippen LogP contribution in [0.5, 0.6) is 11.5 Å². The van der Waals surface area contributed by atoms with Gasteiger partial charge in [-0.3, -0.25) is 0 Å². The van der Waals surface area contributed by atoms with Crippen LogP contribution in [0.1, 0.15) is 12.5 Å². The first-order chi connectivity index (χ1) is 7.88. The number of benzene rings is 1. The van der Waals surface area contributed by atoms with Gasteiger partial charge in [-0.25, -0.2) is 8.42 Å². The second-order valence-corrected chi connectivity index (χ2v) is 6.71. The standard InChI is InChI=1S/C11H15ClO4S/c1-8(17(12,13)14)6-9-4-5-10(15-2)7-11(9)16-3/h4-5,7-8H,6H2,1-3H3. The zero-order valence-electron chi connectivity index (χ0n) is 9.94. The summed E-state index contributed by atoms with van der Waals surface area (Å²) >= 11 is 0. The molecule has 1 aromatic rings. The van der Waals surface area contributed by atoms with Crippen LogP contribution in [0.25, 0.3) is 0 Å². The molecule has 0 aromatic heterocycles. The quantitative estimate of drug-likeness (QED) is 0.775. The van der Waals surface area contributed by atoms with Gasteiger partial charge in [0, 0.05) is 16.7 Å². The van der Waals surface area contributed by atoms with Crippen molar-refractivity contribution in [1.82, 2.24) is 0 Å². The molecular weight excluding hydrogens is 264 g/mol. The van der Waals surface area contributed by atoms with Gasteiger partial charge in [0.2, 0.25) is 9.05 Å². The highest BCUT2D eigenvalue weighted by atomic mass is 35.7. The summed E-state index contributed by atoms with van der Waals surface area (Å²) in [4.78, 5) is 0. The van der Waals surface area contributed by atoms with E-state index < -0.39 is 14.3 Å². The molecule has 4 nitrogen and oxygen atoms in total. The minimum Gasteiger partial charge on any atom is -0.497 e. The van der Waals surface area contributed by atoms with Crippen LogP contribution in [0.15, 0.2) is 18.2 Å². The molecule has 0 radical (unpaired) electrons. The highest BCUT2D eigenvalue weighted by Gasteiger charge is 2.19. The maximum atomic E-state index is 11.2. The number of methoxy groups -OCH3 is 2. The van der Waals surface area contributed by atoms with Crippen LogP contribution < -0.4 is 9.47 Å². The van der Waals surface area contributed by atoms with E-state index in [0.717, 1.165) is 5.56 Å². The van der Waals surface area contributed by atoms with Gasteiger partial charge in [-0.05, 0) is 25.0 Å². The van der Waals surface area contributed by atoms with Gasteiger partial charge in [0.05, 0.1) is 19.5 Å². The number of hydrogen-bond acceptors (Lipinski definition) is 4. The molecule has 0 bridgehead atoms. The molecule has 6 heteroatoms. The van der Waals surface area contributed by atoms with Crippen LogP contribution in [0.3, 0.4) is 0 Å². The molecule has 1 rings (SSSR count). The van der Waals surface area contributed by atoms with Gasteiger partial charge in [0.1, 0.15) is 11.5 Å². The van der Waals surface area contributed by atoms with E-state index in [1.54, 1.807) is 32.2 Å². The SMILES string of the molecule is COc1ccc(CC(C)S(=O)(=O)Cl)c(OC)c1. The summed E-state index contributed by atoms with van der Waals surface area (Å²) in [6, 6.07) is 5.24. The van der Waals surface area contributed by atoms with Crippen molar-refractivity contribution >= 4 is 19.7 Å². The van der Waals surface area contributed by atoms with Crippen LogP contribution in [-0.4, -0.2) is 27.9 Å². The molecule has 0 spiro atoms. The second-order valence-electron chi connectivity index (χ2n) is 3.67. The molecule has 96 valence electrons. The minimum absolute atomic E-state index is 0.305. The van der Waals surface area contributed by atoms with Crippen LogP contribution >= 0.6 is 10.7 Å². The number of hydrogen-bond donors (Lipinski definition) is 0. The molecule has 0 fully saturated rings. The fourth-order valence-electron chi connectivity index (χ4n) is 1.43. The minimum atomic E-state index is -3.56. The van der Waals surface area contributed by atoms with Crippen molar-refractivity contribution in [2.24, 2.45) is 0 Å². The molecule has 0 aliphatic heterocycles. The third kappa shape index (κ3) is 3.78. The smallest absolute Gasteiger partial charge is 0.235 e. The fourth-order valence-corrected chi connectivity index (χ4v) is 2.00. The van der Waals surface area contributed by atoms with E-state index in [9.17, 15) is 8.42 Å². The Morgan fingerprint density at radius 3 is 2.41 bits per heavy atom. The molecule has 0 saturated carbocycles. The summed E-state index contributed by atoms with van der Waals surface area (Å²) in [5.74, 6) is 1.25. The van der Waals surface area contributed by atoms with Crippen LogP contribution in [0.4, 0.5) is 0 Å². The van der Waals surface area contributed by atoms with Gasteiger partial charge in [0.25, 0.3) is 0 Å². The van der Waals surface area contributed by atoms with Gasteiger partial charge in [-0.2, -0.15) is 0 Å². The molecule has 17 heavy (non-hydrogen) atoms. The number of ether oxygens (including phenoxy) is 2. The van der Waals surface area contributed by atoms with Gasteiger partial charge >= 0.3 is 0 Å². The zero-order valence-corrected chi connectivity index (χ0v) is 11.5. The summed E-state index contributed by atoms with van der Waals surface area (Å²) in [5.41, 5.74) is 0.782. The predicted octanol–water partition coefficient (Wildman–Crippen LogP) is 2.20. The topological polar surface area (TPSA) is 52.6 Å². The van der Waals surface area contributed by atoms with E-state index in [-0.39, 0.29) is 0 Å². The van der Waals surface area contributed by atoms with Gasteiger partial charge < -0.3 is 9.47 Å². The Bertz CT molecular complexity index is 484. The lowest BCUT2D eigenvalue weighted by Crippen LogP contribution is -2.15. The Labute approximate surface area is 106 Å². The Balaban J connectivity index is 2.99. The van der Waals surface area contributed by atoms with Crippen LogP contribution in [0, 0.1) is 0 Å². The summed E-state index contributed by atoms with van der Waals surface area (Å²) in [5, 5.41) is -0.661. The largest absolute Gasteiger partial charge is 0.497 e. The van der Waals surface area contributed by atoms with Crippen LogP contribution in [-0.2, 0) is 15.5 Å². The lowest BCUT2D eigenvalue weighted by molar-refractivity contribution is 0.391. The monoisotopic (exact) mass is 278 g/mol. The third-order valence-corrected chi connectivity index (χ3v) is 4.52. The molecule has 0 aliphatic rings. The Kier molecular flexibility index (Phi) is 4.65. The van der Waals surface area contributed by atoms with E-state index >= 15 is 0 Å². The number of rotatable bonds is 5. The van der Waals surface area contributed by atoms with E-state index in [0.29, 0.717) is 17.9 Å². The molecule has 0 saturated heterocycles. The van der Waals surface area contributed by atoms with E-state index in [4.69, 9.17) is 20.2 Å². The van der Waals surface area contributed by atoms with Gasteiger partial charge in [0.15, 0.2) is 0 Å². The molecule has 0 N–H and O–H groups in total. The average Bonchev–Trinajstić information content (AvgIpc) is 2.28. The maximum absolute atomic E-state index is 11.2. The zero-order chi connectivity index (χ0) is 13.1. The molecule has 1 atom stereocenters. The van der Waals surface area contributed by atoms with Crippen molar-refractivity contribution in [2.75, 3.05) is 14.2 Å². The molecule has 0 aliphatic carbocycles. The summed E-state index contributed by atoms with van der Waals surface area (Å²) < 4.78 is 32.6. The van der Waals surface area contributed by atoms with Crippen molar-refractivity contribution < 1.29 is 17.9 Å². The van der Waals surface area contributed by atoms with Crippen LogP contribution in [0.2, 0.25) is 0 Å². The Morgan fingerprint density at radius 1 is 1.29 bits per heavy atom. The lowest BCUT2D eigenvalue weighted by atomic mass is 10.1. The molecule has 1 aromatic carbocycles. The third-order valence-electron chi connectivity index (χ3n) is 2.48. The molecule has 1 unspecified atom stereocenters. The summed E-state index contributed by atoms with van der Waals surface area (Å²) in [6.45, 7) is 1.56. The Hall–Kier alpha value is -0.940. The normalized spacial score (nSPS) is 13.2. The highest BCUT2D eigenvalue weighted by Crippen LogP contribution is 2.27. The van der Waals surface area contributed by atoms with Crippen molar-refractivity contribution in [2.45, 2.75) is 18.6 Å². The molecular formula is C11H15ClO4S. The van der Waals surface area contributed by atoms with Crippen molar-refractivity contribution in [3.8, 4) is 11.5 Å². The molecule has 0 amide bonds.